The Labute approximate surface area is 124 Å². The van der Waals surface area contributed by atoms with Crippen LogP contribution in [0.15, 0.2) is 0 Å². The van der Waals surface area contributed by atoms with Crippen molar-refractivity contribution in [3.8, 4) is 0 Å². The molecule has 0 aliphatic heterocycles. The number of carbonyl (C=O) groups is 3. The second-order valence-electron chi connectivity index (χ2n) is 5.81. The van der Waals surface area contributed by atoms with E-state index in [4.69, 9.17) is 5.11 Å². The zero-order valence-corrected chi connectivity index (χ0v) is 13.4. The van der Waals surface area contributed by atoms with Gasteiger partial charge in [0.15, 0.2) is 0 Å². The minimum absolute atomic E-state index is 0.229. The average molecular weight is 322 g/mol. The molecule has 0 aliphatic carbocycles. The largest absolute Gasteiger partial charge is 0.480 e. The van der Waals surface area contributed by atoms with E-state index in [0.29, 0.717) is 0 Å². The molecule has 0 fully saturated rings. The number of hydrogen-bond acceptors (Lipinski definition) is 5. The van der Waals surface area contributed by atoms with E-state index in [0.717, 1.165) is 6.26 Å². The Morgan fingerprint density at radius 3 is 2.10 bits per heavy atom. The van der Waals surface area contributed by atoms with Crippen molar-refractivity contribution in [2.75, 3.05) is 18.6 Å². The summed E-state index contributed by atoms with van der Waals surface area (Å²) >= 11 is 0. The van der Waals surface area contributed by atoms with Gasteiger partial charge in [-0.1, -0.05) is 20.8 Å². The van der Waals surface area contributed by atoms with Crippen LogP contribution in [0, 0.1) is 5.41 Å². The van der Waals surface area contributed by atoms with E-state index in [2.05, 4.69) is 10.6 Å². The number of nitrogens with one attached hydrogen (secondary N) is 2. The van der Waals surface area contributed by atoms with Crippen molar-refractivity contribution in [3.63, 3.8) is 0 Å². The first-order valence-corrected chi connectivity index (χ1v) is 8.37. The summed E-state index contributed by atoms with van der Waals surface area (Å²) < 4.78 is 22.0. The summed E-state index contributed by atoms with van der Waals surface area (Å²) in [5.74, 6) is -2.71. The molecule has 0 spiro atoms. The molecule has 0 saturated heterocycles. The van der Waals surface area contributed by atoms with Crippen LogP contribution in [0.1, 0.15) is 27.2 Å². The van der Waals surface area contributed by atoms with Gasteiger partial charge in [-0.05, 0) is 6.42 Å². The van der Waals surface area contributed by atoms with Gasteiger partial charge < -0.3 is 15.7 Å². The number of carbonyl (C=O) groups excluding carboxylic acids is 2. The summed E-state index contributed by atoms with van der Waals surface area (Å²) in [6, 6.07) is -1.31. The van der Waals surface area contributed by atoms with Crippen LogP contribution in [-0.4, -0.2) is 55.9 Å². The SMILES string of the molecule is CC(C)(C)C(=O)NCC(=O)NC(CCS(C)(=O)=O)C(=O)O. The number of amides is 2. The highest BCUT2D eigenvalue weighted by molar-refractivity contribution is 7.90. The van der Waals surface area contributed by atoms with Crippen molar-refractivity contribution in [2.45, 2.75) is 33.2 Å². The Morgan fingerprint density at radius 2 is 1.71 bits per heavy atom. The van der Waals surface area contributed by atoms with Gasteiger partial charge in [0, 0.05) is 11.7 Å². The minimum atomic E-state index is -3.32. The summed E-state index contributed by atoms with van der Waals surface area (Å²) in [5.41, 5.74) is -0.664. The van der Waals surface area contributed by atoms with E-state index < -0.39 is 33.2 Å². The van der Waals surface area contributed by atoms with Crippen molar-refractivity contribution in [2.24, 2.45) is 5.41 Å². The zero-order chi connectivity index (χ0) is 16.8. The Hall–Kier alpha value is -1.64. The lowest BCUT2D eigenvalue weighted by atomic mass is 9.96. The summed E-state index contributed by atoms with van der Waals surface area (Å²) in [5, 5.41) is 13.5. The summed E-state index contributed by atoms with van der Waals surface area (Å²) in [6.07, 6.45) is 0.754. The monoisotopic (exact) mass is 322 g/mol. The van der Waals surface area contributed by atoms with Crippen LogP contribution in [0.2, 0.25) is 0 Å². The molecule has 21 heavy (non-hydrogen) atoms. The molecule has 0 aromatic rings. The fraction of sp³-hybridized carbons (Fsp3) is 0.750. The topological polar surface area (TPSA) is 130 Å². The Bertz CT molecular complexity index is 506. The van der Waals surface area contributed by atoms with Crippen molar-refractivity contribution in [3.05, 3.63) is 0 Å². The van der Waals surface area contributed by atoms with E-state index in [1.54, 1.807) is 20.8 Å². The maximum absolute atomic E-state index is 11.6. The third-order valence-electron chi connectivity index (χ3n) is 2.50. The summed E-state index contributed by atoms with van der Waals surface area (Å²) in [6.45, 7) is 4.66. The molecule has 0 heterocycles. The highest BCUT2D eigenvalue weighted by atomic mass is 32.2. The first kappa shape index (κ1) is 19.4. The van der Waals surface area contributed by atoms with Gasteiger partial charge in [0.1, 0.15) is 15.9 Å². The fourth-order valence-corrected chi connectivity index (χ4v) is 1.92. The molecule has 1 atom stereocenters. The third-order valence-corrected chi connectivity index (χ3v) is 3.48. The van der Waals surface area contributed by atoms with Gasteiger partial charge in [0.05, 0.1) is 12.3 Å². The van der Waals surface area contributed by atoms with E-state index in [1.165, 1.54) is 0 Å². The molecule has 2 amide bonds. The lowest BCUT2D eigenvalue weighted by molar-refractivity contribution is -0.141. The maximum Gasteiger partial charge on any atom is 0.326 e. The number of carboxylic acid groups (broad SMARTS) is 1. The lowest BCUT2D eigenvalue weighted by Crippen LogP contribution is -2.47. The average Bonchev–Trinajstić information content (AvgIpc) is 2.28. The van der Waals surface area contributed by atoms with Crippen LogP contribution in [0.5, 0.6) is 0 Å². The molecule has 0 radical (unpaired) electrons. The molecule has 0 aliphatic rings. The molecule has 9 heteroatoms. The van der Waals surface area contributed by atoms with Crippen molar-refractivity contribution in [1.82, 2.24) is 10.6 Å². The molecule has 8 nitrogen and oxygen atoms in total. The molecule has 0 aromatic carbocycles. The third kappa shape index (κ3) is 9.01. The number of sulfone groups is 1. The van der Waals surface area contributed by atoms with Gasteiger partial charge in [-0.25, -0.2) is 13.2 Å². The minimum Gasteiger partial charge on any atom is -0.480 e. The van der Waals surface area contributed by atoms with Crippen LogP contribution in [-0.2, 0) is 24.2 Å². The Morgan fingerprint density at radius 1 is 1.19 bits per heavy atom. The maximum atomic E-state index is 11.6. The standard InChI is InChI=1S/C12H22N2O6S/c1-12(2,3)11(18)13-7-9(15)14-8(10(16)17)5-6-21(4,19)20/h8H,5-7H2,1-4H3,(H,13,18)(H,14,15)(H,16,17). The predicted octanol–water partition coefficient (Wildman–Crippen LogP) is -0.847. The molecule has 0 rings (SSSR count). The van der Waals surface area contributed by atoms with Gasteiger partial charge in [-0.3, -0.25) is 9.59 Å². The molecular weight excluding hydrogens is 300 g/mol. The van der Waals surface area contributed by atoms with Crippen molar-refractivity contribution in [1.29, 1.82) is 0 Å². The van der Waals surface area contributed by atoms with Crippen LogP contribution < -0.4 is 10.6 Å². The van der Waals surface area contributed by atoms with Gasteiger partial charge >= 0.3 is 5.97 Å². The molecule has 3 N–H and O–H groups in total. The highest BCUT2D eigenvalue weighted by Crippen LogP contribution is 2.11. The molecule has 0 aromatic heterocycles. The first-order valence-electron chi connectivity index (χ1n) is 6.31. The van der Waals surface area contributed by atoms with Gasteiger partial charge in [-0.2, -0.15) is 0 Å². The zero-order valence-electron chi connectivity index (χ0n) is 12.6. The molecule has 0 bridgehead atoms. The quantitative estimate of drug-likeness (QED) is 0.560. The number of hydrogen-bond donors (Lipinski definition) is 3. The second-order valence-corrected chi connectivity index (χ2v) is 8.07. The summed E-state index contributed by atoms with van der Waals surface area (Å²) in [7, 11) is -3.32. The van der Waals surface area contributed by atoms with Crippen molar-refractivity contribution < 1.29 is 27.9 Å². The van der Waals surface area contributed by atoms with E-state index in [1.807, 2.05) is 0 Å². The fourth-order valence-electron chi connectivity index (χ4n) is 1.26. The Balaban J connectivity index is 4.43. The normalized spacial score (nSPS) is 13.3. The number of aliphatic carboxylic acids is 1. The van der Waals surface area contributed by atoms with Crippen molar-refractivity contribution >= 4 is 27.6 Å². The highest BCUT2D eigenvalue weighted by Gasteiger charge is 2.24. The lowest BCUT2D eigenvalue weighted by Gasteiger charge is -2.18. The second kappa shape index (κ2) is 7.39. The van der Waals surface area contributed by atoms with Crippen LogP contribution in [0.4, 0.5) is 0 Å². The van der Waals surface area contributed by atoms with Gasteiger partial charge in [0.2, 0.25) is 11.8 Å². The summed E-state index contributed by atoms with van der Waals surface area (Å²) in [4.78, 5) is 34.1. The molecule has 0 saturated carbocycles. The smallest absolute Gasteiger partial charge is 0.326 e. The molecule has 122 valence electrons. The van der Waals surface area contributed by atoms with E-state index >= 15 is 0 Å². The van der Waals surface area contributed by atoms with E-state index in [-0.39, 0.29) is 24.6 Å². The molecule has 1 unspecified atom stereocenters. The number of carboxylic acids is 1. The molecular formula is C12H22N2O6S. The Kier molecular flexibility index (Phi) is 6.81. The van der Waals surface area contributed by atoms with Gasteiger partial charge in [-0.15, -0.1) is 0 Å². The van der Waals surface area contributed by atoms with Crippen LogP contribution >= 0.6 is 0 Å². The first-order chi connectivity index (χ1) is 9.33. The number of rotatable bonds is 7. The predicted molar refractivity (Wildman–Crippen MR) is 76.4 cm³/mol. The van der Waals surface area contributed by atoms with Crippen LogP contribution in [0.3, 0.4) is 0 Å². The van der Waals surface area contributed by atoms with E-state index in [9.17, 15) is 22.8 Å². The van der Waals surface area contributed by atoms with Crippen LogP contribution in [0.25, 0.3) is 0 Å². The van der Waals surface area contributed by atoms with Gasteiger partial charge in [0.25, 0.3) is 0 Å².